The van der Waals surface area contributed by atoms with Gasteiger partial charge in [-0.15, -0.1) is 0 Å². The van der Waals surface area contributed by atoms with Gasteiger partial charge >= 0.3 is 0 Å². The van der Waals surface area contributed by atoms with Gasteiger partial charge in [0.2, 0.25) is 0 Å². The minimum absolute atomic E-state index is 0.118. The lowest BCUT2D eigenvalue weighted by atomic mass is 10.0. The SMILES string of the molecule is COc1c(Cl)cc(Cl)cc1[C@H](O)c1[nH]c(Cl)c(Cl)c1N([O-])O. The van der Waals surface area contributed by atoms with Crippen LogP contribution >= 0.6 is 46.4 Å². The number of hydrogen-bond acceptors (Lipinski definition) is 5. The van der Waals surface area contributed by atoms with E-state index in [4.69, 9.17) is 56.3 Å². The largest absolute Gasteiger partial charge is 0.733 e. The number of ether oxygens (including phenoxy) is 1. The van der Waals surface area contributed by atoms with E-state index in [9.17, 15) is 10.3 Å². The number of aliphatic hydroxyl groups excluding tert-OH is 1. The maximum atomic E-state index is 11.2. The molecule has 22 heavy (non-hydrogen) atoms. The number of aromatic nitrogens is 1. The van der Waals surface area contributed by atoms with E-state index in [1.54, 1.807) is 0 Å². The van der Waals surface area contributed by atoms with E-state index in [1.807, 2.05) is 0 Å². The first-order valence-corrected chi connectivity index (χ1v) is 7.23. The summed E-state index contributed by atoms with van der Waals surface area (Å²) in [5.41, 5.74) is -0.390. The fraction of sp³-hybridized carbons (Fsp3) is 0.167. The molecule has 0 amide bonds. The fourth-order valence-electron chi connectivity index (χ4n) is 1.99. The highest BCUT2D eigenvalue weighted by Gasteiger charge is 2.26. The van der Waals surface area contributed by atoms with Gasteiger partial charge in [0, 0.05) is 10.6 Å². The van der Waals surface area contributed by atoms with Crippen molar-refractivity contribution in [3.63, 3.8) is 0 Å². The van der Waals surface area contributed by atoms with Gasteiger partial charge in [0.15, 0.2) is 0 Å². The van der Waals surface area contributed by atoms with E-state index < -0.39 is 17.0 Å². The first-order chi connectivity index (χ1) is 10.3. The summed E-state index contributed by atoms with van der Waals surface area (Å²) in [6, 6.07) is 2.83. The Hall–Kier alpha value is -0.860. The summed E-state index contributed by atoms with van der Waals surface area (Å²) in [7, 11) is 1.35. The molecule has 0 aliphatic carbocycles. The Morgan fingerprint density at radius 1 is 1.27 bits per heavy atom. The summed E-state index contributed by atoms with van der Waals surface area (Å²) < 4.78 is 5.13. The standard InChI is InChI=1S/C12H9Cl4N2O4/c1-22-11-5(2-4(13)3-6(11)14)10(19)8-9(18(20)21)7(15)12(16)17-8/h2-3,10,17,19-20H,1H3/q-1/t10-/m0/s1. The van der Waals surface area contributed by atoms with Crippen molar-refractivity contribution in [3.05, 3.63) is 48.8 Å². The monoisotopic (exact) mass is 385 g/mol. The van der Waals surface area contributed by atoms with Crippen LogP contribution < -0.4 is 9.96 Å². The quantitative estimate of drug-likeness (QED) is 0.676. The van der Waals surface area contributed by atoms with Crippen molar-refractivity contribution in [2.75, 3.05) is 12.3 Å². The minimum Gasteiger partial charge on any atom is -0.733 e. The lowest BCUT2D eigenvalue weighted by Gasteiger charge is -2.24. The number of anilines is 1. The highest BCUT2D eigenvalue weighted by molar-refractivity contribution is 6.43. The van der Waals surface area contributed by atoms with Gasteiger partial charge < -0.3 is 25.3 Å². The lowest BCUT2D eigenvalue weighted by molar-refractivity contribution is 0.208. The van der Waals surface area contributed by atoms with E-state index in [0.29, 0.717) is 0 Å². The molecule has 0 aliphatic rings. The van der Waals surface area contributed by atoms with Gasteiger partial charge in [0.25, 0.3) is 0 Å². The van der Waals surface area contributed by atoms with Crippen LogP contribution in [-0.4, -0.2) is 22.4 Å². The third-order valence-electron chi connectivity index (χ3n) is 2.90. The molecule has 1 aromatic heterocycles. The molecule has 0 saturated carbocycles. The van der Waals surface area contributed by atoms with Crippen LogP contribution in [-0.2, 0) is 0 Å². The van der Waals surface area contributed by atoms with Crippen molar-refractivity contribution in [3.8, 4) is 5.75 Å². The van der Waals surface area contributed by atoms with Crippen LogP contribution in [0.5, 0.6) is 5.75 Å². The Balaban J connectivity index is 2.63. The molecule has 1 aromatic carbocycles. The molecule has 0 spiro atoms. The minimum atomic E-state index is -1.45. The summed E-state index contributed by atoms with van der Waals surface area (Å²) in [5.74, 6) is 0.154. The van der Waals surface area contributed by atoms with Crippen LogP contribution in [0.15, 0.2) is 12.1 Å². The second-order valence-corrected chi connectivity index (χ2v) is 5.80. The third kappa shape index (κ3) is 3.09. The summed E-state index contributed by atoms with van der Waals surface area (Å²) in [6.45, 7) is 0. The predicted octanol–water partition coefficient (Wildman–Crippen LogP) is 4.41. The number of nitrogens with one attached hydrogen (secondary N) is 1. The number of aromatic amines is 1. The van der Waals surface area contributed by atoms with Gasteiger partial charge in [-0.3, -0.25) is 5.21 Å². The Labute approximate surface area is 145 Å². The summed E-state index contributed by atoms with van der Waals surface area (Å²) >= 11 is 23.5. The first-order valence-electron chi connectivity index (χ1n) is 5.71. The molecule has 0 bridgehead atoms. The molecule has 6 nitrogen and oxygen atoms in total. The van der Waals surface area contributed by atoms with Crippen LogP contribution in [0.1, 0.15) is 17.4 Å². The molecule has 0 saturated heterocycles. The molecular formula is C12H9Cl4N2O4-. The zero-order chi connectivity index (χ0) is 16.6. The number of aliphatic hydroxyl groups is 1. The third-order valence-corrected chi connectivity index (χ3v) is 4.15. The molecule has 3 N–H and O–H groups in total. The second-order valence-electron chi connectivity index (χ2n) is 4.20. The van der Waals surface area contributed by atoms with Crippen LogP contribution in [0.2, 0.25) is 20.2 Å². The van der Waals surface area contributed by atoms with Crippen molar-refractivity contribution in [2.24, 2.45) is 0 Å². The molecule has 2 aromatic rings. The zero-order valence-corrected chi connectivity index (χ0v) is 13.9. The van der Waals surface area contributed by atoms with Gasteiger partial charge in [-0.2, -0.15) is 0 Å². The fourth-order valence-corrected chi connectivity index (χ4v) is 2.99. The van der Waals surface area contributed by atoms with Crippen LogP contribution in [0.25, 0.3) is 0 Å². The molecule has 120 valence electrons. The molecule has 0 aliphatic heterocycles. The van der Waals surface area contributed by atoms with Crippen molar-refractivity contribution in [1.29, 1.82) is 0 Å². The van der Waals surface area contributed by atoms with Crippen molar-refractivity contribution >= 4 is 52.1 Å². The highest BCUT2D eigenvalue weighted by atomic mass is 35.5. The lowest BCUT2D eigenvalue weighted by Crippen LogP contribution is -2.12. The molecule has 2 rings (SSSR count). The molecule has 1 heterocycles. The molecule has 0 fully saturated rings. The zero-order valence-electron chi connectivity index (χ0n) is 10.9. The van der Waals surface area contributed by atoms with Crippen LogP contribution in [0, 0.1) is 5.21 Å². The smallest absolute Gasteiger partial charge is 0.143 e. The van der Waals surface area contributed by atoms with Crippen molar-refractivity contribution in [1.82, 2.24) is 4.98 Å². The Bertz CT molecular complexity index is 705. The van der Waals surface area contributed by atoms with Crippen molar-refractivity contribution < 1.29 is 15.1 Å². The maximum absolute atomic E-state index is 11.2. The molecule has 0 unspecified atom stereocenters. The van der Waals surface area contributed by atoms with Gasteiger partial charge in [-0.05, 0) is 12.1 Å². The Kier molecular flexibility index (Phi) is 5.34. The normalized spacial score (nSPS) is 12.4. The molecule has 1 atom stereocenters. The Morgan fingerprint density at radius 2 is 1.91 bits per heavy atom. The van der Waals surface area contributed by atoms with Crippen LogP contribution in [0.3, 0.4) is 0 Å². The average molecular weight is 387 g/mol. The highest BCUT2D eigenvalue weighted by Crippen LogP contribution is 2.44. The van der Waals surface area contributed by atoms with E-state index in [-0.39, 0.29) is 37.2 Å². The number of rotatable bonds is 4. The van der Waals surface area contributed by atoms with Crippen molar-refractivity contribution in [2.45, 2.75) is 6.10 Å². The van der Waals surface area contributed by atoms with Gasteiger partial charge in [0.05, 0.1) is 23.5 Å². The van der Waals surface area contributed by atoms with E-state index in [2.05, 4.69) is 4.98 Å². The topological polar surface area (TPSA) is 91.8 Å². The van der Waals surface area contributed by atoms with Gasteiger partial charge in [0.1, 0.15) is 22.0 Å². The van der Waals surface area contributed by atoms with Gasteiger partial charge in [-0.1, -0.05) is 46.4 Å². The summed E-state index contributed by atoms with van der Waals surface area (Å²) in [4.78, 5) is 2.52. The van der Waals surface area contributed by atoms with Crippen LogP contribution in [0.4, 0.5) is 5.69 Å². The molecule has 10 heteroatoms. The Morgan fingerprint density at radius 3 is 2.45 bits per heavy atom. The number of halogens is 4. The van der Waals surface area contributed by atoms with E-state index >= 15 is 0 Å². The number of benzene rings is 1. The number of nitrogens with zero attached hydrogens (tertiary/aromatic N) is 1. The van der Waals surface area contributed by atoms with Gasteiger partial charge in [-0.25, -0.2) is 0 Å². The van der Waals surface area contributed by atoms with E-state index in [0.717, 1.165) is 0 Å². The second kappa shape index (κ2) is 6.72. The molecule has 0 radical (unpaired) electrons. The number of hydrogen-bond donors (Lipinski definition) is 3. The average Bonchev–Trinajstić information content (AvgIpc) is 2.73. The number of methoxy groups -OCH3 is 1. The first kappa shape index (κ1) is 17.5. The predicted molar refractivity (Wildman–Crippen MR) is 85.5 cm³/mol. The van der Waals surface area contributed by atoms with E-state index in [1.165, 1.54) is 19.2 Å². The maximum Gasteiger partial charge on any atom is 0.143 e. The summed E-state index contributed by atoms with van der Waals surface area (Å²) in [5, 5.41) is 30.4. The number of H-pyrrole nitrogens is 1. The molecular weight excluding hydrogens is 378 g/mol. The summed E-state index contributed by atoms with van der Waals surface area (Å²) in [6.07, 6.45) is -1.45.